The first-order valence-corrected chi connectivity index (χ1v) is 7.71. The Bertz CT molecular complexity index is 422. The first kappa shape index (κ1) is 15.0. The minimum atomic E-state index is 0.710. The number of benzene rings is 1. The van der Waals surface area contributed by atoms with E-state index in [2.05, 4.69) is 24.1 Å². The summed E-state index contributed by atoms with van der Waals surface area (Å²) in [5.41, 5.74) is 7.73. The van der Waals surface area contributed by atoms with Crippen molar-refractivity contribution in [2.45, 2.75) is 26.7 Å². The summed E-state index contributed by atoms with van der Waals surface area (Å²) in [6, 6.07) is 5.96. The summed E-state index contributed by atoms with van der Waals surface area (Å²) in [6.07, 6.45) is 2.28. The first-order valence-electron chi connectivity index (χ1n) is 7.71. The molecule has 0 bridgehead atoms. The van der Waals surface area contributed by atoms with E-state index in [1.807, 2.05) is 18.2 Å². The molecule has 1 heterocycles. The zero-order valence-corrected chi connectivity index (χ0v) is 12.7. The van der Waals surface area contributed by atoms with Crippen molar-refractivity contribution in [3.8, 4) is 5.75 Å². The number of likely N-dealkylation sites (tertiary alicyclic amines) is 1. The molecule has 1 unspecified atom stereocenters. The third-order valence-corrected chi connectivity index (χ3v) is 3.89. The van der Waals surface area contributed by atoms with Crippen LogP contribution in [0, 0.1) is 5.92 Å². The highest BCUT2D eigenvalue weighted by Gasteiger charge is 2.20. The first-order chi connectivity index (χ1) is 9.72. The fraction of sp³-hybridized carbons (Fsp3) is 0.625. The van der Waals surface area contributed by atoms with Gasteiger partial charge in [-0.05, 0) is 44.0 Å². The maximum absolute atomic E-state index is 5.93. The zero-order chi connectivity index (χ0) is 14.4. The third-order valence-electron chi connectivity index (χ3n) is 3.89. The van der Waals surface area contributed by atoms with Gasteiger partial charge in [-0.3, -0.25) is 0 Å². The largest absolute Gasteiger partial charge is 0.491 e. The van der Waals surface area contributed by atoms with Crippen molar-refractivity contribution in [1.29, 1.82) is 0 Å². The van der Waals surface area contributed by atoms with E-state index in [-0.39, 0.29) is 0 Å². The van der Waals surface area contributed by atoms with Gasteiger partial charge in [0.05, 0.1) is 12.3 Å². The summed E-state index contributed by atoms with van der Waals surface area (Å²) in [7, 11) is 0. The van der Waals surface area contributed by atoms with Crippen LogP contribution in [0.25, 0.3) is 0 Å². The lowest BCUT2D eigenvalue weighted by Gasteiger charge is -2.15. The highest BCUT2D eigenvalue weighted by atomic mass is 16.5. The number of nitrogens with one attached hydrogen (secondary N) is 1. The van der Waals surface area contributed by atoms with Crippen LogP contribution in [0.2, 0.25) is 0 Å². The second kappa shape index (κ2) is 7.39. The van der Waals surface area contributed by atoms with Gasteiger partial charge in [0.25, 0.3) is 0 Å². The summed E-state index contributed by atoms with van der Waals surface area (Å²) >= 11 is 0. The third kappa shape index (κ3) is 4.04. The molecule has 2 rings (SSSR count). The lowest BCUT2D eigenvalue weighted by molar-refractivity contribution is 0.319. The molecule has 0 saturated carbocycles. The minimum Gasteiger partial charge on any atom is -0.491 e. The predicted octanol–water partition coefficient (Wildman–Crippen LogP) is 2.81. The van der Waals surface area contributed by atoms with Crippen LogP contribution in [0.3, 0.4) is 0 Å². The smallest absolute Gasteiger partial charge is 0.144 e. The number of nitrogen functional groups attached to an aromatic ring is 1. The summed E-state index contributed by atoms with van der Waals surface area (Å²) in [6.45, 7) is 9.65. The van der Waals surface area contributed by atoms with Crippen molar-refractivity contribution in [3.05, 3.63) is 18.2 Å². The number of anilines is 2. The van der Waals surface area contributed by atoms with Crippen LogP contribution in [0.4, 0.5) is 11.4 Å². The zero-order valence-electron chi connectivity index (χ0n) is 12.7. The van der Waals surface area contributed by atoms with Crippen molar-refractivity contribution >= 4 is 11.4 Å². The average Bonchev–Trinajstić information content (AvgIpc) is 2.93. The molecule has 1 aliphatic rings. The van der Waals surface area contributed by atoms with E-state index in [1.54, 1.807) is 0 Å². The molecule has 0 radical (unpaired) electrons. The number of rotatable bonds is 7. The highest BCUT2D eigenvalue weighted by Crippen LogP contribution is 2.26. The molecule has 1 aromatic rings. The Labute approximate surface area is 122 Å². The summed E-state index contributed by atoms with van der Waals surface area (Å²) in [5.74, 6) is 1.53. The molecule has 20 heavy (non-hydrogen) atoms. The van der Waals surface area contributed by atoms with Gasteiger partial charge < -0.3 is 20.7 Å². The van der Waals surface area contributed by atoms with Crippen LogP contribution in [-0.4, -0.2) is 37.7 Å². The highest BCUT2D eigenvalue weighted by molar-refractivity contribution is 5.61. The standard InChI is InChI=1S/C16H27N3O/c1-3-9-20-16-10-14(5-6-15(16)17)18-11-13-7-8-19(4-2)12-13/h5-6,10,13,18H,3-4,7-9,11-12,17H2,1-2H3. The Hall–Kier alpha value is -1.42. The fourth-order valence-corrected chi connectivity index (χ4v) is 2.61. The molecule has 4 nitrogen and oxygen atoms in total. The molecule has 1 aromatic carbocycles. The van der Waals surface area contributed by atoms with Gasteiger partial charge in [-0.15, -0.1) is 0 Å². The van der Waals surface area contributed by atoms with Gasteiger partial charge in [0.1, 0.15) is 5.75 Å². The second-order valence-corrected chi connectivity index (χ2v) is 5.53. The van der Waals surface area contributed by atoms with Gasteiger partial charge in [-0.1, -0.05) is 13.8 Å². The monoisotopic (exact) mass is 277 g/mol. The van der Waals surface area contributed by atoms with E-state index < -0.39 is 0 Å². The van der Waals surface area contributed by atoms with Crippen molar-refractivity contribution in [1.82, 2.24) is 4.90 Å². The molecular formula is C16H27N3O. The van der Waals surface area contributed by atoms with Crippen molar-refractivity contribution in [3.63, 3.8) is 0 Å². The lowest BCUT2D eigenvalue weighted by Crippen LogP contribution is -2.22. The van der Waals surface area contributed by atoms with E-state index in [0.717, 1.165) is 36.9 Å². The van der Waals surface area contributed by atoms with Crippen LogP contribution in [0.1, 0.15) is 26.7 Å². The number of nitrogens with two attached hydrogens (primary N) is 1. The average molecular weight is 277 g/mol. The normalized spacial score (nSPS) is 19.2. The molecule has 1 atom stereocenters. The maximum Gasteiger partial charge on any atom is 0.144 e. The topological polar surface area (TPSA) is 50.5 Å². The Kier molecular flexibility index (Phi) is 5.53. The molecule has 0 spiro atoms. The second-order valence-electron chi connectivity index (χ2n) is 5.53. The molecule has 1 saturated heterocycles. The van der Waals surface area contributed by atoms with Gasteiger partial charge in [-0.25, -0.2) is 0 Å². The molecule has 0 aliphatic carbocycles. The van der Waals surface area contributed by atoms with E-state index >= 15 is 0 Å². The van der Waals surface area contributed by atoms with Gasteiger partial charge in [0.15, 0.2) is 0 Å². The molecule has 3 N–H and O–H groups in total. The number of hydrogen-bond donors (Lipinski definition) is 2. The fourth-order valence-electron chi connectivity index (χ4n) is 2.61. The van der Waals surface area contributed by atoms with Crippen LogP contribution in [-0.2, 0) is 0 Å². The SMILES string of the molecule is CCCOc1cc(NCC2CCN(CC)C2)ccc1N. The van der Waals surface area contributed by atoms with Gasteiger partial charge in [0.2, 0.25) is 0 Å². The van der Waals surface area contributed by atoms with Crippen LogP contribution >= 0.6 is 0 Å². The summed E-state index contributed by atoms with van der Waals surface area (Å²) < 4.78 is 5.66. The van der Waals surface area contributed by atoms with E-state index in [0.29, 0.717) is 12.3 Å². The van der Waals surface area contributed by atoms with Gasteiger partial charge >= 0.3 is 0 Å². The molecular weight excluding hydrogens is 250 g/mol. The Morgan fingerprint density at radius 3 is 2.95 bits per heavy atom. The Morgan fingerprint density at radius 2 is 2.25 bits per heavy atom. The minimum absolute atomic E-state index is 0.710. The van der Waals surface area contributed by atoms with Crippen LogP contribution in [0.15, 0.2) is 18.2 Å². The predicted molar refractivity (Wildman–Crippen MR) is 85.4 cm³/mol. The maximum atomic E-state index is 5.93. The molecule has 0 amide bonds. The Balaban J connectivity index is 1.86. The summed E-state index contributed by atoms with van der Waals surface area (Å²) in [5, 5.41) is 3.51. The quantitative estimate of drug-likeness (QED) is 0.753. The molecule has 112 valence electrons. The van der Waals surface area contributed by atoms with Crippen molar-refractivity contribution in [2.75, 3.05) is 43.8 Å². The van der Waals surface area contributed by atoms with Crippen LogP contribution < -0.4 is 15.8 Å². The van der Waals surface area contributed by atoms with E-state index in [4.69, 9.17) is 10.5 Å². The number of hydrogen-bond acceptors (Lipinski definition) is 4. The van der Waals surface area contributed by atoms with Crippen molar-refractivity contribution in [2.24, 2.45) is 5.92 Å². The van der Waals surface area contributed by atoms with Gasteiger partial charge in [0, 0.05) is 24.8 Å². The number of ether oxygens (including phenoxy) is 1. The van der Waals surface area contributed by atoms with Crippen molar-refractivity contribution < 1.29 is 4.74 Å². The van der Waals surface area contributed by atoms with Crippen LogP contribution in [0.5, 0.6) is 5.75 Å². The molecule has 0 aromatic heterocycles. The van der Waals surface area contributed by atoms with Gasteiger partial charge in [-0.2, -0.15) is 0 Å². The molecule has 1 aliphatic heterocycles. The molecule has 1 fully saturated rings. The number of nitrogens with zero attached hydrogens (tertiary/aromatic N) is 1. The van der Waals surface area contributed by atoms with E-state index in [1.165, 1.54) is 19.5 Å². The Morgan fingerprint density at radius 1 is 1.40 bits per heavy atom. The molecule has 4 heteroatoms. The summed E-state index contributed by atoms with van der Waals surface area (Å²) in [4.78, 5) is 2.51. The van der Waals surface area contributed by atoms with E-state index in [9.17, 15) is 0 Å². The lowest BCUT2D eigenvalue weighted by atomic mass is 10.1.